The van der Waals surface area contributed by atoms with Crippen molar-refractivity contribution < 1.29 is 13.2 Å². The molecule has 0 bridgehead atoms. The molecule has 4 rings (SSSR count). The van der Waals surface area contributed by atoms with Crippen LogP contribution in [0.1, 0.15) is 35.3 Å². The van der Waals surface area contributed by atoms with Gasteiger partial charge in [-0.2, -0.15) is 17.4 Å². The average molecular weight is 469 g/mol. The van der Waals surface area contributed by atoms with Gasteiger partial charge >= 0.3 is 0 Å². The Bertz CT molecular complexity index is 1040. The van der Waals surface area contributed by atoms with Gasteiger partial charge in [-0.3, -0.25) is 9.78 Å². The lowest BCUT2D eigenvalue weighted by Crippen LogP contribution is -2.60. The third kappa shape index (κ3) is 4.33. The van der Waals surface area contributed by atoms with Crippen LogP contribution in [0.2, 0.25) is 10.0 Å². The van der Waals surface area contributed by atoms with Crippen molar-refractivity contribution in [2.45, 2.75) is 30.7 Å². The molecule has 2 heterocycles. The monoisotopic (exact) mass is 468 g/mol. The number of nitrogens with one attached hydrogen (secondary N) is 2. The maximum Gasteiger partial charge on any atom is 0.279 e. The molecule has 2 aromatic rings. The lowest BCUT2D eigenvalue weighted by molar-refractivity contribution is 0.0913. The predicted molar refractivity (Wildman–Crippen MR) is 116 cm³/mol. The molecule has 1 amide bonds. The van der Waals surface area contributed by atoms with E-state index in [4.69, 9.17) is 23.2 Å². The molecule has 1 aliphatic heterocycles. The molecule has 30 heavy (non-hydrogen) atoms. The zero-order valence-corrected chi connectivity index (χ0v) is 18.5. The number of pyridine rings is 1. The van der Waals surface area contributed by atoms with E-state index < -0.39 is 15.6 Å². The van der Waals surface area contributed by atoms with Crippen LogP contribution in [0.4, 0.5) is 0 Å². The molecule has 1 aliphatic carbocycles. The van der Waals surface area contributed by atoms with Crippen molar-refractivity contribution in [2.24, 2.45) is 0 Å². The Labute approximate surface area is 186 Å². The van der Waals surface area contributed by atoms with Crippen LogP contribution >= 0.6 is 23.2 Å². The Kier molecular flexibility index (Phi) is 6.05. The summed E-state index contributed by atoms with van der Waals surface area (Å²) in [6.07, 6.45) is 3.69. The number of amides is 1. The van der Waals surface area contributed by atoms with E-state index in [2.05, 4.69) is 15.0 Å². The molecule has 0 spiro atoms. The highest BCUT2D eigenvalue weighted by molar-refractivity contribution is 7.87. The van der Waals surface area contributed by atoms with Crippen LogP contribution in [0.25, 0.3) is 0 Å². The quantitative estimate of drug-likeness (QED) is 0.653. The van der Waals surface area contributed by atoms with Crippen LogP contribution < -0.4 is 10.0 Å². The van der Waals surface area contributed by atoms with Gasteiger partial charge in [0.2, 0.25) is 0 Å². The van der Waals surface area contributed by atoms with Gasteiger partial charge in [0.05, 0.1) is 10.6 Å². The van der Waals surface area contributed by atoms with E-state index in [1.54, 1.807) is 18.3 Å². The summed E-state index contributed by atoms with van der Waals surface area (Å²) in [5, 5.41) is 3.67. The number of benzene rings is 1. The summed E-state index contributed by atoms with van der Waals surface area (Å²) in [7, 11) is -3.45. The third-order valence-corrected chi connectivity index (χ3v) is 7.94. The lowest BCUT2D eigenvalue weighted by atomic mass is 9.63. The normalized spacial score (nSPS) is 24.0. The minimum Gasteiger partial charge on any atom is -0.351 e. The highest BCUT2D eigenvalue weighted by atomic mass is 35.5. The SMILES string of the molecule is O=C(NC[C@]1(c2ccccn2)C[C@H](NS(=O)(=O)N2CCC2)C1)c1ccc(Cl)cc1Cl. The molecule has 2 fully saturated rings. The third-order valence-electron chi connectivity index (χ3n) is 5.72. The highest BCUT2D eigenvalue weighted by Crippen LogP contribution is 2.43. The summed E-state index contributed by atoms with van der Waals surface area (Å²) in [4.78, 5) is 17.1. The molecule has 10 heteroatoms. The van der Waals surface area contributed by atoms with Gasteiger partial charge in [-0.25, -0.2) is 0 Å². The van der Waals surface area contributed by atoms with E-state index in [-0.39, 0.29) is 17.0 Å². The Morgan fingerprint density at radius 2 is 1.97 bits per heavy atom. The zero-order valence-electron chi connectivity index (χ0n) is 16.1. The second-order valence-corrected chi connectivity index (χ2v) is 10.3. The summed E-state index contributed by atoms with van der Waals surface area (Å²) in [5.74, 6) is -0.309. The summed E-state index contributed by atoms with van der Waals surface area (Å²) in [5.41, 5.74) is 0.719. The summed E-state index contributed by atoms with van der Waals surface area (Å²) in [6.45, 7) is 1.44. The van der Waals surface area contributed by atoms with Crippen LogP contribution in [-0.4, -0.2) is 49.3 Å². The lowest BCUT2D eigenvalue weighted by Gasteiger charge is -2.48. The van der Waals surface area contributed by atoms with Gasteiger partial charge in [0.25, 0.3) is 16.1 Å². The first-order chi connectivity index (χ1) is 14.3. The van der Waals surface area contributed by atoms with Gasteiger partial charge < -0.3 is 5.32 Å². The molecule has 2 N–H and O–H groups in total. The number of nitrogens with zero attached hydrogens (tertiary/aromatic N) is 2. The van der Waals surface area contributed by atoms with Crippen LogP contribution in [-0.2, 0) is 15.6 Å². The second kappa shape index (κ2) is 8.43. The fourth-order valence-corrected chi connectivity index (χ4v) is 5.89. The largest absolute Gasteiger partial charge is 0.351 e. The van der Waals surface area contributed by atoms with Gasteiger partial charge in [-0.1, -0.05) is 29.3 Å². The Balaban J connectivity index is 1.46. The number of carbonyl (C=O) groups is 1. The van der Waals surface area contributed by atoms with Crippen LogP contribution in [0.5, 0.6) is 0 Å². The van der Waals surface area contributed by atoms with Crippen molar-refractivity contribution in [2.75, 3.05) is 19.6 Å². The van der Waals surface area contributed by atoms with Gasteiger partial charge in [-0.05, 0) is 49.6 Å². The average Bonchev–Trinajstić information content (AvgIpc) is 2.62. The molecular weight excluding hydrogens is 447 g/mol. The van der Waals surface area contributed by atoms with E-state index in [1.807, 2.05) is 18.2 Å². The maximum atomic E-state index is 12.7. The fourth-order valence-electron chi connectivity index (χ4n) is 3.92. The number of hydrogen-bond donors (Lipinski definition) is 2. The van der Waals surface area contributed by atoms with E-state index in [1.165, 1.54) is 10.4 Å². The topological polar surface area (TPSA) is 91.4 Å². The molecule has 0 atom stereocenters. The zero-order chi connectivity index (χ0) is 21.4. The first-order valence-corrected chi connectivity index (χ1v) is 11.9. The summed E-state index contributed by atoms with van der Waals surface area (Å²) < 4.78 is 29.0. The molecular formula is C20H22Cl2N4O3S. The van der Waals surface area contributed by atoms with Crippen molar-refractivity contribution >= 4 is 39.3 Å². The fraction of sp³-hybridized carbons (Fsp3) is 0.400. The summed E-state index contributed by atoms with van der Waals surface area (Å²) >= 11 is 12.0. The van der Waals surface area contributed by atoms with Gasteiger partial charge in [0.1, 0.15) is 0 Å². The van der Waals surface area contributed by atoms with Crippen LogP contribution in [0.3, 0.4) is 0 Å². The molecule has 1 aromatic heterocycles. The molecule has 160 valence electrons. The molecule has 1 saturated heterocycles. The van der Waals surface area contributed by atoms with Crippen molar-refractivity contribution in [3.05, 3.63) is 63.9 Å². The number of hydrogen-bond acceptors (Lipinski definition) is 4. The van der Waals surface area contributed by atoms with Gasteiger partial charge in [-0.15, -0.1) is 0 Å². The Hall–Kier alpha value is -1.71. The number of carbonyl (C=O) groups excluding carboxylic acids is 1. The van der Waals surface area contributed by atoms with E-state index in [0.717, 1.165) is 12.1 Å². The molecule has 7 nitrogen and oxygen atoms in total. The van der Waals surface area contributed by atoms with Gasteiger partial charge in [0, 0.05) is 48.0 Å². The van der Waals surface area contributed by atoms with E-state index in [9.17, 15) is 13.2 Å². The van der Waals surface area contributed by atoms with Crippen molar-refractivity contribution in [1.29, 1.82) is 0 Å². The first-order valence-electron chi connectivity index (χ1n) is 9.71. The number of rotatable bonds is 7. The van der Waals surface area contributed by atoms with Crippen LogP contribution in [0, 0.1) is 0 Å². The Morgan fingerprint density at radius 3 is 2.57 bits per heavy atom. The van der Waals surface area contributed by atoms with Crippen molar-refractivity contribution in [3.8, 4) is 0 Å². The molecule has 1 aromatic carbocycles. The standard InChI is InChI=1S/C20H22Cl2N4O3S/c21-14-5-6-16(17(22)10-14)19(27)24-13-20(18-4-1-2-7-23-18)11-15(12-20)25-30(28,29)26-8-3-9-26/h1-2,4-7,10,15,25H,3,8-9,11-13H2,(H,24,27)/t15-,20-. The minimum atomic E-state index is -3.45. The van der Waals surface area contributed by atoms with Gasteiger partial charge in [0.15, 0.2) is 0 Å². The number of halogens is 2. The maximum absolute atomic E-state index is 12.7. The van der Waals surface area contributed by atoms with Crippen molar-refractivity contribution in [3.63, 3.8) is 0 Å². The number of aromatic nitrogens is 1. The molecule has 0 unspecified atom stereocenters. The van der Waals surface area contributed by atoms with E-state index >= 15 is 0 Å². The van der Waals surface area contributed by atoms with Crippen molar-refractivity contribution in [1.82, 2.24) is 19.3 Å². The molecule has 1 saturated carbocycles. The highest BCUT2D eigenvalue weighted by Gasteiger charge is 2.48. The van der Waals surface area contributed by atoms with E-state index in [0.29, 0.717) is 43.1 Å². The first kappa shape index (κ1) is 21.5. The predicted octanol–water partition coefficient (Wildman–Crippen LogP) is 2.76. The summed E-state index contributed by atoms with van der Waals surface area (Å²) in [6, 6.07) is 10.1. The minimum absolute atomic E-state index is 0.200. The molecule has 0 radical (unpaired) electrons. The second-order valence-electron chi connectivity index (χ2n) is 7.78. The smallest absolute Gasteiger partial charge is 0.279 e. The van der Waals surface area contributed by atoms with Crippen LogP contribution in [0.15, 0.2) is 42.6 Å². The Morgan fingerprint density at radius 1 is 1.20 bits per heavy atom. The molecule has 2 aliphatic rings.